The highest BCUT2D eigenvalue weighted by Crippen LogP contribution is 2.29. The van der Waals surface area contributed by atoms with Crippen LogP contribution < -0.4 is 5.32 Å². The lowest BCUT2D eigenvalue weighted by Gasteiger charge is -2.33. The van der Waals surface area contributed by atoms with Crippen molar-refractivity contribution in [1.82, 2.24) is 14.5 Å². The van der Waals surface area contributed by atoms with Crippen LogP contribution in [0.4, 0.5) is 5.95 Å². The number of nitrogens with zero attached hydrogens (tertiary/aromatic N) is 3. The number of aryl methyl sites for hydroxylation is 1. The van der Waals surface area contributed by atoms with Crippen LogP contribution >= 0.6 is 0 Å². The van der Waals surface area contributed by atoms with E-state index in [1.165, 1.54) is 38.8 Å². The number of piperidine rings is 1. The molecule has 1 aliphatic heterocycles. The van der Waals surface area contributed by atoms with E-state index in [1.54, 1.807) is 0 Å². The maximum Gasteiger partial charge on any atom is 0.203 e. The first kappa shape index (κ1) is 12.0. The van der Waals surface area contributed by atoms with Gasteiger partial charge in [0.15, 0.2) is 0 Å². The smallest absolute Gasteiger partial charge is 0.203 e. The fraction of sp³-hybridized carbons (Fsp3) is 0.786. The number of likely N-dealkylation sites (tertiary alicyclic amines) is 1. The van der Waals surface area contributed by atoms with Crippen molar-refractivity contribution in [2.45, 2.75) is 51.6 Å². The molecule has 0 aromatic carbocycles. The second-order valence-electron chi connectivity index (χ2n) is 5.72. The quantitative estimate of drug-likeness (QED) is 0.888. The first-order valence-corrected chi connectivity index (χ1v) is 7.30. The van der Waals surface area contributed by atoms with Gasteiger partial charge < -0.3 is 14.8 Å². The Kier molecular flexibility index (Phi) is 3.29. The Hall–Kier alpha value is -1.03. The van der Waals surface area contributed by atoms with Gasteiger partial charge in [0, 0.05) is 24.8 Å². The van der Waals surface area contributed by atoms with E-state index in [2.05, 4.69) is 39.8 Å². The molecule has 2 heterocycles. The lowest BCUT2D eigenvalue weighted by Crippen LogP contribution is -2.36. The summed E-state index contributed by atoms with van der Waals surface area (Å²) in [7, 11) is 0. The minimum atomic E-state index is 0.598. The van der Waals surface area contributed by atoms with Gasteiger partial charge in [-0.25, -0.2) is 4.98 Å². The summed E-state index contributed by atoms with van der Waals surface area (Å²) in [5.74, 6) is 1.10. The van der Waals surface area contributed by atoms with Crippen LogP contribution in [-0.4, -0.2) is 40.1 Å². The third-order valence-corrected chi connectivity index (χ3v) is 4.08. The summed E-state index contributed by atoms with van der Waals surface area (Å²) in [6.45, 7) is 7.94. The van der Waals surface area contributed by atoms with E-state index in [-0.39, 0.29) is 0 Å². The fourth-order valence-corrected chi connectivity index (χ4v) is 2.86. The van der Waals surface area contributed by atoms with Gasteiger partial charge in [0.1, 0.15) is 0 Å². The third kappa shape index (κ3) is 2.53. The van der Waals surface area contributed by atoms with Gasteiger partial charge in [-0.1, -0.05) is 6.92 Å². The lowest BCUT2D eigenvalue weighted by atomic mass is 10.1. The highest BCUT2D eigenvalue weighted by molar-refractivity contribution is 5.33. The summed E-state index contributed by atoms with van der Waals surface area (Å²) in [5, 5.41) is 3.57. The Morgan fingerprint density at radius 1 is 1.39 bits per heavy atom. The number of aromatic nitrogens is 2. The van der Waals surface area contributed by atoms with Crippen molar-refractivity contribution in [1.29, 1.82) is 0 Å². The van der Waals surface area contributed by atoms with Gasteiger partial charge in [0.25, 0.3) is 0 Å². The predicted octanol–water partition coefficient (Wildman–Crippen LogP) is 2.42. The molecule has 18 heavy (non-hydrogen) atoms. The maximum absolute atomic E-state index is 4.65. The minimum Gasteiger partial charge on any atom is -0.353 e. The highest BCUT2D eigenvalue weighted by atomic mass is 15.3. The average molecular weight is 248 g/mol. The van der Waals surface area contributed by atoms with Gasteiger partial charge >= 0.3 is 0 Å². The highest BCUT2D eigenvalue weighted by Gasteiger charge is 2.26. The number of anilines is 1. The molecule has 100 valence electrons. The molecular weight excluding hydrogens is 224 g/mol. The van der Waals surface area contributed by atoms with Gasteiger partial charge in [-0.2, -0.15) is 0 Å². The largest absolute Gasteiger partial charge is 0.353 e. The van der Waals surface area contributed by atoms with Crippen molar-refractivity contribution in [3.05, 3.63) is 11.9 Å². The molecule has 0 radical (unpaired) electrons. The Morgan fingerprint density at radius 3 is 2.94 bits per heavy atom. The maximum atomic E-state index is 4.65. The Bertz CT molecular complexity index is 408. The summed E-state index contributed by atoms with van der Waals surface area (Å²) >= 11 is 0. The Balaban J connectivity index is 1.76. The van der Waals surface area contributed by atoms with Crippen molar-refractivity contribution in [2.75, 3.05) is 25.0 Å². The second-order valence-corrected chi connectivity index (χ2v) is 5.72. The standard InChI is InChI=1S/C14H24N4/c1-3-17-8-4-5-13(10-17)18-9-11(2)15-14(18)16-12-6-7-12/h9,12-13H,3-8,10H2,1-2H3,(H,15,16). The second kappa shape index (κ2) is 4.92. The number of hydrogen-bond acceptors (Lipinski definition) is 3. The molecule has 0 bridgehead atoms. The first-order chi connectivity index (χ1) is 8.76. The van der Waals surface area contributed by atoms with Crippen LogP contribution in [0.5, 0.6) is 0 Å². The zero-order valence-corrected chi connectivity index (χ0v) is 11.5. The number of nitrogens with one attached hydrogen (secondary N) is 1. The van der Waals surface area contributed by atoms with Crippen molar-refractivity contribution >= 4 is 5.95 Å². The molecule has 1 atom stereocenters. The number of likely N-dealkylation sites (N-methyl/N-ethyl adjacent to an activating group) is 1. The van der Waals surface area contributed by atoms with Crippen LogP contribution in [0.1, 0.15) is 44.3 Å². The van der Waals surface area contributed by atoms with Crippen LogP contribution in [0.25, 0.3) is 0 Å². The summed E-state index contributed by atoms with van der Waals surface area (Å²) in [6, 6.07) is 1.28. The number of rotatable bonds is 4. The van der Waals surface area contributed by atoms with Gasteiger partial charge in [-0.05, 0) is 45.7 Å². The molecule has 4 heteroatoms. The Labute approximate surface area is 109 Å². The molecular formula is C14H24N4. The van der Waals surface area contributed by atoms with E-state index in [0.29, 0.717) is 12.1 Å². The number of hydrogen-bond donors (Lipinski definition) is 1. The molecule has 1 saturated carbocycles. The topological polar surface area (TPSA) is 33.1 Å². The zero-order valence-electron chi connectivity index (χ0n) is 11.5. The van der Waals surface area contributed by atoms with E-state index in [4.69, 9.17) is 0 Å². The molecule has 1 aliphatic carbocycles. The van der Waals surface area contributed by atoms with E-state index >= 15 is 0 Å². The van der Waals surface area contributed by atoms with Gasteiger partial charge in [0.2, 0.25) is 5.95 Å². The van der Waals surface area contributed by atoms with Crippen LogP contribution in [0.2, 0.25) is 0 Å². The molecule has 1 aromatic heterocycles. The van der Waals surface area contributed by atoms with Gasteiger partial charge in [0.05, 0.1) is 5.69 Å². The first-order valence-electron chi connectivity index (χ1n) is 7.30. The fourth-order valence-electron chi connectivity index (χ4n) is 2.86. The van der Waals surface area contributed by atoms with Crippen molar-refractivity contribution < 1.29 is 0 Å². The van der Waals surface area contributed by atoms with E-state index in [0.717, 1.165) is 18.2 Å². The molecule has 2 aliphatic rings. The normalized spacial score (nSPS) is 25.3. The molecule has 1 unspecified atom stereocenters. The predicted molar refractivity (Wildman–Crippen MR) is 74.0 cm³/mol. The van der Waals surface area contributed by atoms with E-state index in [9.17, 15) is 0 Å². The van der Waals surface area contributed by atoms with Crippen molar-refractivity contribution in [2.24, 2.45) is 0 Å². The van der Waals surface area contributed by atoms with Crippen LogP contribution in [0, 0.1) is 6.92 Å². The average Bonchev–Trinajstić information content (AvgIpc) is 3.12. The third-order valence-electron chi connectivity index (χ3n) is 4.08. The lowest BCUT2D eigenvalue weighted by molar-refractivity contribution is 0.186. The molecule has 0 spiro atoms. The molecule has 1 aromatic rings. The van der Waals surface area contributed by atoms with Gasteiger partial charge in [-0.3, -0.25) is 0 Å². The molecule has 4 nitrogen and oxygen atoms in total. The molecule has 3 rings (SSSR count). The summed E-state index contributed by atoms with van der Waals surface area (Å²) in [4.78, 5) is 7.20. The van der Waals surface area contributed by atoms with E-state index < -0.39 is 0 Å². The molecule has 2 fully saturated rings. The molecule has 1 saturated heterocycles. The summed E-state index contributed by atoms with van der Waals surface area (Å²) in [5.41, 5.74) is 1.13. The monoisotopic (exact) mass is 248 g/mol. The van der Waals surface area contributed by atoms with Crippen LogP contribution in [0.15, 0.2) is 6.20 Å². The van der Waals surface area contributed by atoms with Gasteiger partial charge in [-0.15, -0.1) is 0 Å². The van der Waals surface area contributed by atoms with Crippen molar-refractivity contribution in [3.8, 4) is 0 Å². The molecule has 0 amide bonds. The van der Waals surface area contributed by atoms with E-state index in [1.807, 2.05) is 0 Å². The zero-order chi connectivity index (χ0) is 12.5. The summed E-state index contributed by atoms with van der Waals surface area (Å²) in [6.07, 6.45) is 7.41. The Morgan fingerprint density at radius 2 is 2.22 bits per heavy atom. The van der Waals surface area contributed by atoms with Crippen molar-refractivity contribution in [3.63, 3.8) is 0 Å². The molecule has 1 N–H and O–H groups in total. The number of imidazole rings is 1. The van der Waals surface area contributed by atoms with Crippen LogP contribution in [-0.2, 0) is 0 Å². The SMILES string of the molecule is CCN1CCCC(n2cc(C)nc2NC2CC2)C1. The van der Waals surface area contributed by atoms with Crippen LogP contribution in [0.3, 0.4) is 0 Å². The summed E-state index contributed by atoms with van der Waals surface area (Å²) < 4.78 is 2.38. The minimum absolute atomic E-state index is 0.598.